The van der Waals surface area contributed by atoms with Crippen LogP contribution in [0.15, 0.2) is 18.2 Å². The average Bonchev–Trinajstić information content (AvgIpc) is 3.02. The predicted octanol–water partition coefficient (Wildman–Crippen LogP) is 1.13. The number of aryl methyl sites for hydroxylation is 1. The third-order valence-corrected chi connectivity index (χ3v) is 4.75. The Labute approximate surface area is 185 Å². The highest BCUT2D eigenvalue weighted by atomic mass is 16.6. The Bertz CT molecular complexity index is 803. The Morgan fingerprint density at radius 2 is 1.87 bits per heavy atom. The molecule has 0 amide bonds. The zero-order chi connectivity index (χ0) is 22.9. The van der Waals surface area contributed by atoms with Crippen molar-refractivity contribution in [1.29, 1.82) is 0 Å². The van der Waals surface area contributed by atoms with Crippen LogP contribution >= 0.6 is 0 Å². The lowest BCUT2D eigenvalue weighted by atomic mass is 10.2. The standard InChI is InChI=1S/C22H39N4O5/c1-6-25-18-8-7-17(28-5)15-19(18)26(20(25)16-23)10-12-30-14-13-29-11-9-24-21(27)31-22(2,3)4/h7-8,15,21,24,27H,6,9-14,16,23H2,1-5H3/q+1. The summed E-state index contributed by atoms with van der Waals surface area (Å²) in [7, 11) is 1.67. The molecule has 2 rings (SSSR count). The minimum Gasteiger partial charge on any atom is -0.497 e. The molecule has 4 N–H and O–H groups in total. The molecular formula is C22H39N4O5+. The van der Waals surface area contributed by atoms with Crippen LogP contribution in [0.5, 0.6) is 5.75 Å². The van der Waals surface area contributed by atoms with E-state index in [0.29, 0.717) is 46.1 Å². The predicted molar refractivity (Wildman–Crippen MR) is 119 cm³/mol. The summed E-state index contributed by atoms with van der Waals surface area (Å²) in [6, 6.07) is 6.07. The summed E-state index contributed by atoms with van der Waals surface area (Å²) in [6.45, 7) is 12.3. The van der Waals surface area contributed by atoms with E-state index in [-0.39, 0.29) is 0 Å². The maximum atomic E-state index is 9.70. The fraction of sp³-hybridized carbons (Fsp3) is 0.682. The van der Waals surface area contributed by atoms with E-state index in [0.717, 1.165) is 29.2 Å². The van der Waals surface area contributed by atoms with Gasteiger partial charge in [-0.05, 0) is 39.8 Å². The molecule has 0 radical (unpaired) electrons. The van der Waals surface area contributed by atoms with Gasteiger partial charge in [-0.2, -0.15) is 0 Å². The lowest BCUT2D eigenvalue weighted by Crippen LogP contribution is -2.39. The second-order valence-electron chi connectivity index (χ2n) is 8.13. The summed E-state index contributed by atoms with van der Waals surface area (Å²) in [6.07, 6.45) is -1.00. The van der Waals surface area contributed by atoms with Gasteiger partial charge in [-0.1, -0.05) is 0 Å². The molecule has 0 bridgehead atoms. The Balaban J connectivity index is 1.75. The van der Waals surface area contributed by atoms with Gasteiger partial charge in [0.25, 0.3) is 5.82 Å². The molecule has 0 aliphatic heterocycles. The first-order valence-corrected chi connectivity index (χ1v) is 10.8. The van der Waals surface area contributed by atoms with E-state index in [2.05, 4.69) is 27.4 Å². The van der Waals surface area contributed by atoms with Crippen molar-refractivity contribution in [2.45, 2.75) is 59.3 Å². The number of imidazole rings is 1. The zero-order valence-electron chi connectivity index (χ0n) is 19.5. The number of aliphatic hydroxyl groups is 1. The van der Waals surface area contributed by atoms with E-state index < -0.39 is 12.0 Å². The molecule has 9 heteroatoms. The fourth-order valence-corrected chi connectivity index (χ4v) is 3.43. The third-order valence-electron chi connectivity index (χ3n) is 4.75. The largest absolute Gasteiger partial charge is 0.497 e. The van der Waals surface area contributed by atoms with Gasteiger partial charge in [-0.25, -0.2) is 9.13 Å². The molecule has 0 aliphatic carbocycles. The molecule has 1 aromatic carbocycles. The monoisotopic (exact) mass is 439 g/mol. The second kappa shape index (κ2) is 12.3. The number of hydrogen-bond donors (Lipinski definition) is 3. The number of nitrogens with zero attached hydrogens (tertiary/aromatic N) is 2. The van der Waals surface area contributed by atoms with E-state index in [1.807, 2.05) is 32.9 Å². The first kappa shape index (κ1) is 25.5. The molecule has 0 fully saturated rings. The van der Waals surface area contributed by atoms with E-state index in [4.69, 9.17) is 24.7 Å². The van der Waals surface area contributed by atoms with Gasteiger partial charge < -0.3 is 29.8 Å². The summed E-state index contributed by atoms with van der Waals surface area (Å²) in [5.41, 5.74) is 7.87. The normalized spacial score (nSPS) is 13.1. The molecule has 2 aromatic rings. The Kier molecular flexibility index (Phi) is 10.1. The molecule has 1 heterocycles. The highest BCUT2D eigenvalue weighted by molar-refractivity contribution is 5.74. The highest BCUT2D eigenvalue weighted by Gasteiger charge is 2.23. The molecular weight excluding hydrogens is 400 g/mol. The summed E-state index contributed by atoms with van der Waals surface area (Å²) in [5.74, 6) is 1.88. The Morgan fingerprint density at radius 3 is 2.48 bits per heavy atom. The van der Waals surface area contributed by atoms with E-state index in [1.165, 1.54) is 0 Å². The van der Waals surface area contributed by atoms with Crippen molar-refractivity contribution < 1.29 is 28.6 Å². The number of methoxy groups -OCH3 is 1. The minimum atomic E-state index is -1.00. The molecule has 1 unspecified atom stereocenters. The van der Waals surface area contributed by atoms with Gasteiger partial charge in [-0.3, -0.25) is 5.32 Å². The first-order valence-electron chi connectivity index (χ1n) is 10.8. The van der Waals surface area contributed by atoms with Gasteiger partial charge in [0.2, 0.25) is 6.41 Å². The van der Waals surface area contributed by atoms with E-state index in [9.17, 15) is 5.11 Å². The summed E-state index contributed by atoms with van der Waals surface area (Å²) in [4.78, 5) is 0. The number of fused-ring (bicyclic) bond motifs is 1. The highest BCUT2D eigenvalue weighted by Crippen LogP contribution is 2.21. The van der Waals surface area contributed by atoms with Crippen LogP contribution in [0.4, 0.5) is 0 Å². The molecule has 1 atom stereocenters. The number of ether oxygens (including phenoxy) is 4. The minimum absolute atomic E-state index is 0.405. The molecule has 0 saturated heterocycles. The van der Waals surface area contributed by atoms with Gasteiger partial charge >= 0.3 is 0 Å². The van der Waals surface area contributed by atoms with Crippen molar-refractivity contribution in [3.05, 3.63) is 24.0 Å². The fourth-order valence-electron chi connectivity index (χ4n) is 3.43. The van der Waals surface area contributed by atoms with Crippen LogP contribution in [-0.2, 0) is 33.8 Å². The lowest BCUT2D eigenvalue weighted by Gasteiger charge is -2.24. The van der Waals surface area contributed by atoms with Crippen LogP contribution in [0.3, 0.4) is 0 Å². The lowest BCUT2D eigenvalue weighted by molar-refractivity contribution is -0.676. The van der Waals surface area contributed by atoms with Crippen LogP contribution in [0.2, 0.25) is 0 Å². The number of nitrogens with two attached hydrogens (primary N) is 1. The van der Waals surface area contributed by atoms with Gasteiger partial charge in [-0.15, -0.1) is 0 Å². The number of rotatable bonds is 14. The van der Waals surface area contributed by atoms with Crippen molar-refractivity contribution in [3.8, 4) is 5.75 Å². The van der Waals surface area contributed by atoms with E-state index >= 15 is 0 Å². The van der Waals surface area contributed by atoms with Crippen LogP contribution in [0.25, 0.3) is 11.0 Å². The Morgan fingerprint density at radius 1 is 1.16 bits per heavy atom. The third kappa shape index (κ3) is 7.71. The van der Waals surface area contributed by atoms with Crippen LogP contribution in [-0.4, -0.2) is 61.8 Å². The van der Waals surface area contributed by atoms with Crippen molar-refractivity contribution in [2.24, 2.45) is 5.73 Å². The van der Waals surface area contributed by atoms with Crippen molar-refractivity contribution in [1.82, 2.24) is 9.88 Å². The average molecular weight is 440 g/mol. The van der Waals surface area contributed by atoms with Crippen LogP contribution in [0, 0.1) is 0 Å². The summed E-state index contributed by atoms with van der Waals surface area (Å²) < 4.78 is 26.5. The Hall–Kier alpha value is -1.75. The summed E-state index contributed by atoms with van der Waals surface area (Å²) in [5, 5.41) is 12.6. The second-order valence-corrected chi connectivity index (χ2v) is 8.13. The van der Waals surface area contributed by atoms with Crippen LogP contribution < -0.4 is 20.4 Å². The van der Waals surface area contributed by atoms with Gasteiger partial charge in [0.15, 0.2) is 11.0 Å². The maximum Gasteiger partial charge on any atom is 0.271 e. The number of benzene rings is 1. The van der Waals surface area contributed by atoms with Crippen LogP contribution in [0.1, 0.15) is 33.5 Å². The van der Waals surface area contributed by atoms with Gasteiger partial charge in [0, 0.05) is 12.6 Å². The molecule has 176 valence electrons. The number of nitrogens with one attached hydrogen (secondary N) is 1. The van der Waals surface area contributed by atoms with Crippen molar-refractivity contribution >= 4 is 11.0 Å². The molecule has 0 spiro atoms. The van der Waals surface area contributed by atoms with E-state index in [1.54, 1.807) is 7.11 Å². The summed E-state index contributed by atoms with van der Waals surface area (Å²) >= 11 is 0. The first-order chi connectivity index (χ1) is 14.8. The molecule has 1 aromatic heterocycles. The molecule has 31 heavy (non-hydrogen) atoms. The van der Waals surface area contributed by atoms with Gasteiger partial charge in [0.1, 0.15) is 12.3 Å². The number of aliphatic hydroxyl groups excluding tert-OH is 1. The van der Waals surface area contributed by atoms with Crippen molar-refractivity contribution in [3.63, 3.8) is 0 Å². The molecule has 9 nitrogen and oxygen atoms in total. The van der Waals surface area contributed by atoms with Gasteiger partial charge in [0.05, 0.1) is 52.2 Å². The smallest absolute Gasteiger partial charge is 0.271 e. The number of hydrogen-bond acceptors (Lipinski definition) is 7. The van der Waals surface area contributed by atoms with Crippen molar-refractivity contribution in [2.75, 3.05) is 40.1 Å². The maximum absolute atomic E-state index is 9.70. The number of aromatic nitrogens is 2. The molecule has 0 aliphatic rings. The zero-order valence-corrected chi connectivity index (χ0v) is 19.5. The quantitative estimate of drug-likeness (QED) is 0.230. The topological polar surface area (TPSA) is 104 Å². The molecule has 0 saturated carbocycles. The SMILES string of the molecule is CC[n+]1c(CN)n(CCOCCOCCNC(O)OC(C)(C)C)c2cc(OC)ccc21.